The number of carboxylic acids is 1. The summed E-state index contributed by atoms with van der Waals surface area (Å²) in [4.78, 5) is 19.7. The van der Waals surface area contributed by atoms with E-state index in [-0.39, 0.29) is 5.71 Å². The molecule has 1 saturated heterocycles. The molecule has 6 nitrogen and oxygen atoms in total. The monoisotopic (exact) mass is 365 g/mol. The number of carbonyl (C=O) groups is 1. The van der Waals surface area contributed by atoms with Gasteiger partial charge in [0.05, 0.1) is 5.69 Å². The largest absolute Gasteiger partial charge is 0.477 e. The molecule has 3 rings (SSSR count). The Morgan fingerprint density at radius 2 is 2.12 bits per heavy atom. The topological polar surface area (TPSA) is 74.2 Å². The third-order valence-corrected chi connectivity index (χ3v) is 5.55. The minimum atomic E-state index is -1.000. The number of carboxylic acid groups (broad SMARTS) is 1. The van der Waals surface area contributed by atoms with Crippen LogP contribution in [0.1, 0.15) is 19.3 Å². The maximum Gasteiger partial charge on any atom is 0.353 e. The molecule has 1 aromatic carbocycles. The van der Waals surface area contributed by atoms with Gasteiger partial charge in [0.15, 0.2) is 10.8 Å². The second-order valence-corrected chi connectivity index (χ2v) is 7.15. The van der Waals surface area contributed by atoms with Crippen molar-refractivity contribution < 1.29 is 14.7 Å². The first kappa shape index (κ1) is 17.0. The Labute approximate surface area is 150 Å². The highest BCUT2D eigenvalue weighted by Crippen LogP contribution is 2.35. The standard InChI is InChI=1S/C16H19N3O3S2/c1-24-13-5-3-2-4-11(13)17-15(23)19-8-6-16(7-9-19)10-12(14(20)21)18-22-16/h2-5H,6-10H2,1H3,(H,17,23)(H,20,21). The lowest BCUT2D eigenvalue weighted by atomic mass is 9.87. The zero-order valence-electron chi connectivity index (χ0n) is 13.3. The molecule has 24 heavy (non-hydrogen) atoms. The number of rotatable bonds is 3. The minimum Gasteiger partial charge on any atom is -0.477 e. The van der Waals surface area contributed by atoms with E-state index in [0.717, 1.165) is 23.7 Å². The van der Waals surface area contributed by atoms with Gasteiger partial charge in [-0.2, -0.15) is 0 Å². The fraction of sp³-hybridized carbons (Fsp3) is 0.438. The van der Waals surface area contributed by atoms with Crippen LogP contribution in [0.25, 0.3) is 0 Å². The summed E-state index contributed by atoms with van der Waals surface area (Å²) < 4.78 is 0. The van der Waals surface area contributed by atoms with Crippen molar-refractivity contribution in [1.82, 2.24) is 4.90 Å². The Hall–Kier alpha value is -1.80. The van der Waals surface area contributed by atoms with Crippen molar-refractivity contribution >= 4 is 46.5 Å². The van der Waals surface area contributed by atoms with Crippen molar-refractivity contribution in [1.29, 1.82) is 0 Å². The number of aliphatic carboxylic acids is 1. The van der Waals surface area contributed by atoms with Gasteiger partial charge in [-0.25, -0.2) is 4.79 Å². The number of likely N-dealkylation sites (tertiary alicyclic amines) is 1. The van der Waals surface area contributed by atoms with Crippen molar-refractivity contribution in [3.63, 3.8) is 0 Å². The number of hydrogen-bond donors (Lipinski definition) is 2. The van der Waals surface area contributed by atoms with Crippen LogP contribution in [0.4, 0.5) is 5.69 Å². The molecule has 0 radical (unpaired) electrons. The molecule has 128 valence electrons. The minimum absolute atomic E-state index is 0.109. The van der Waals surface area contributed by atoms with Gasteiger partial charge in [0, 0.05) is 37.2 Å². The lowest BCUT2D eigenvalue weighted by molar-refractivity contribution is -0.129. The number of nitrogens with one attached hydrogen (secondary N) is 1. The summed E-state index contributed by atoms with van der Waals surface area (Å²) in [5.74, 6) is -1.000. The zero-order chi connectivity index (χ0) is 17.2. The molecule has 8 heteroatoms. The normalized spacial score (nSPS) is 18.9. The predicted octanol–water partition coefficient (Wildman–Crippen LogP) is 2.80. The summed E-state index contributed by atoms with van der Waals surface area (Å²) >= 11 is 7.20. The van der Waals surface area contributed by atoms with Gasteiger partial charge in [0.2, 0.25) is 0 Å². The van der Waals surface area contributed by atoms with Crippen LogP contribution >= 0.6 is 24.0 Å². The first-order chi connectivity index (χ1) is 11.5. The molecule has 0 saturated carbocycles. The molecule has 2 heterocycles. The summed E-state index contributed by atoms with van der Waals surface area (Å²) in [5, 5.41) is 16.7. The summed E-state index contributed by atoms with van der Waals surface area (Å²) in [6, 6.07) is 8.05. The first-order valence-electron chi connectivity index (χ1n) is 7.70. The van der Waals surface area contributed by atoms with Crippen LogP contribution in [0.5, 0.6) is 0 Å². The third kappa shape index (κ3) is 3.49. The Balaban J connectivity index is 1.57. The average molecular weight is 365 g/mol. The molecule has 2 N–H and O–H groups in total. The molecule has 2 aliphatic heterocycles. The Kier molecular flexibility index (Phi) is 4.96. The highest BCUT2D eigenvalue weighted by molar-refractivity contribution is 7.98. The van der Waals surface area contributed by atoms with Gasteiger partial charge in [-0.3, -0.25) is 0 Å². The van der Waals surface area contributed by atoms with Crippen LogP contribution in [0.3, 0.4) is 0 Å². The van der Waals surface area contributed by atoms with E-state index in [1.807, 2.05) is 24.5 Å². The number of anilines is 1. The van der Waals surface area contributed by atoms with Crippen LogP contribution in [0.15, 0.2) is 34.3 Å². The lowest BCUT2D eigenvalue weighted by Crippen LogP contribution is -2.48. The third-order valence-electron chi connectivity index (χ3n) is 4.40. The maximum atomic E-state index is 11.0. The van der Waals surface area contributed by atoms with Gasteiger partial charge in [0.25, 0.3) is 0 Å². The van der Waals surface area contributed by atoms with Crippen LogP contribution in [-0.4, -0.2) is 51.7 Å². The average Bonchev–Trinajstić information content (AvgIpc) is 3.00. The highest BCUT2D eigenvalue weighted by atomic mass is 32.2. The van der Waals surface area contributed by atoms with Crippen molar-refractivity contribution in [3.8, 4) is 0 Å². The molecule has 1 fully saturated rings. The van der Waals surface area contributed by atoms with E-state index >= 15 is 0 Å². The molecule has 1 spiro atoms. The molecule has 2 aliphatic rings. The molecular formula is C16H19N3O3S2. The smallest absolute Gasteiger partial charge is 0.353 e. The lowest BCUT2D eigenvalue weighted by Gasteiger charge is -2.38. The number of thioether (sulfide) groups is 1. The molecule has 0 aromatic heterocycles. The van der Waals surface area contributed by atoms with E-state index in [2.05, 4.69) is 21.4 Å². The SMILES string of the molecule is CSc1ccccc1NC(=S)N1CCC2(CC1)CC(C(=O)O)=NO2. The van der Waals surface area contributed by atoms with Crippen molar-refractivity contribution in [3.05, 3.63) is 24.3 Å². The van der Waals surface area contributed by atoms with E-state index in [9.17, 15) is 4.79 Å². The van der Waals surface area contributed by atoms with E-state index in [1.165, 1.54) is 0 Å². The highest BCUT2D eigenvalue weighted by Gasteiger charge is 2.44. The summed E-state index contributed by atoms with van der Waals surface area (Å²) in [6.07, 6.45) is 3.82. The summed E-state index contributed by atoms with van der Waals surface area (Å²) in [5.41, 5.74) is 0.638. The number of oxime groups is 1. The van der Waals surface area contributed by atoms with E-state index < -0.39 is 11.6 Å². The zero-order valence-corrected chi connectivity index (χ0v) is 15.0. The fourth-order valence-corrected chi connectivity index (χ4v) is 3.81. The molecule has 0 bridgehead atoms. The van der Waals surface area contributed by atoms with Gasteiger partial charge >= 0.3 is 5.97 Å². The van der Waals surface area contributed by atoms with Crippen LogP contribution in [-0.2, 0) is 9.63 Å². The number of thiocarbonyl (C=S) groups is 1. The Morgan fingerprint density at radius 3 is 2.75 bits per heavy atom. The van der Waals surface area contributed by atoms with Gasteiger partial charge in [-0.05, 0) is 30.6 Å². The van der Waals surface area contributed by atoms with Crippen molar-refractivity contribution in [2.24, 2.45) is 5.16 Å². The summed E-state index contributed by atoms with van der Waals surface area (Å²) in [6.45, 7) is 1.44. The number of para-hydroxylation sites is 1. The van der Waals surface area contributed by atoms with Crippen molar-refractivity contribution in [2.45, 2.75) is 29.8 Å². The second kappa shape index (κ2) is 6.98. The van der Waals surface area contributed by atoms with Crippen molar-refractivity contribution in [2.75, 3.05) is 24.7 Å². The van der Waals surface area contributed by atoms with E-state index in [1.54, 1.807) is 11.8 Å². The Morgan fingerprint density at radius 1 is 1.42 bits per heavy atom. The maximum absolute atomic E-state index is 11.0. The Bertz CT molecular complexity index is 685. The number of piperidine rings is 1. The quantitative estimate of drug-likeness (QED) is 0.630. The van der Waals surface area contributed by atoms with Gasteiger partial charge in [-0.15, -0.1) is 11.8 Å². The number of nitrogens with zero attached hydrogens (tertiary/aromatic N) is 2. The van der Waals surface area contributed by atoms with Gasteiger partial charge in [0.1, 0.15) is 5.60 Å². The van der Waals surface area contributed by atoms with Crippen LogP contribution < -0.4 is 5.32 Å². The van der Waals surface area contributed by atoms with Crippen LogP contribution in [0, 0.1) is 0 Å². The predicted molar refractivity (Wildman–Crippen MR) is 98.8 cm³/mol. The number of hydrogen-bond acceptors (Lipinski definition) is 5. The second-order valence-electron chi connectivity index (χ2n) is 5.91. The van der Waals surface area contributed by atoms with E-state index in [0.29, 0.717) is 24.4 Å². The molecule has 0 amide bonds. The molecule has 0 aliphatic carbocycles. The fourth-order valence-electron chi connectivity index (χ4n) is 2.96. The molecule has 1 aromatic rings. The summed E-state index contributed by atoms with van der Waals surface area (Å²) in [7, 11) is 0. The van der Waals surface area contributed by atoms with Gasteiger partial charge < -0.3 is 20.2 Å². The molecule has 0 unspecified atom stereocenters. The van der Waals surface area contributed by atoms with Gasteiger partial charge in [-0.1, -0.05) is 17.3 Å². The van der Waals surface area contributed by atoms with E-state index in [4.69, 9.17) is 22.2 Å². The first-order valence-corrected chi connectivity index (χ1v) is 9.34. The van der Waals surface area contributed by atoms with Crippen LogP contribution in [0.2, 0.25) is 0 Å². The molecule has 0 atom stereocenters. The molecular weight excluding hydrogens is 346 g/mol. The number of benzene rings is 1.